The Balaban J connectivity index is 2.73. The molecule has 0 amide bonds. The van der Waals surface area contributed by atoms with E-state index >= 15 is 0 Å². The SMILES string of the molecule is [C-]#[N+]c1ccc2c(cc(C)n2CC(C)OC)c1C(F)(F)F. The summed E-state index contributed by atoms with van der Waals surface area (Å²) in [5.74, 6) is 0. The second kappa shape index (κ2) is 5.41. The van der Waals surface area contributed by atoms with Crippen LogP contribution in [0.15, 0.2) is 18.2 Å². The molecule has 0 bridgehead atoms. The average molecular weight is 296 g/mol. The number of benzene rings is 1. The Bertz CT molecular complexity index is 710. The summed E-state index contributed by atoms with van der Waals surface area (Å²) in [4.78, 5) is 3.00. The molecule has 0 saturated carbocycles. The molecule has 3 nitrogen and oxygen atoms in total. The van der Waals surface area contributed by atoms with Gasteiger partial charge in [0.05, 0.1) is 18.2 Å². The van der Waals surface area contributed by atoms with Crippen molar-refractivity contribution in [3.63, 3.8) is 0 Å². The average Bonchev–Trinajstić information content (AvgIpc) is 2.72. The van der Waals surface area contributed by atoms with E-state index in [0.29, 0.717) is 17.8 Å². The number of fused-ring (bicyclic) bond motifs is 1. The van der Waals surface area contributed by atoms with E-state index in [1.54, 1.807) is 24.7 Å². The number of nitrogens with zero attached hydrogens (tertiary/aromatic N) is 2. The largest absolute Gasteiger partial charge is 0.408 e. The molecule has 0 radical (unpaired) electrons. The second-order valence-corrected chi connectivity index (χ2v) is 4.94. The molecule has 0 aliphatic heterocycles. The fourth-order valence-corrected chi connectivity index (χ4v) is 2.42. The van der Waals surface area contributed by atoms with E-state index < -0.39 is 11.7 Å². The van der Waals surface area contributed by atoms with Crippen molar-refractivity contribution < 1.29 is 17.9 Å². The summed E-state index contributed by atoms with van der Waals surface area (Å²) < 4.78 is 46.7. The molecule has 0 fully saturated rings. The molecule has 1 unspecified atom stereocenters. The molecule has 0 N–H and O–H groups in total. The van der Waals surface area contributed by atoms with Gasteiger partial charge in [-0.15, -0.1) is 0 Å². The predicted octanol–water partition coefficient (Wildman–Crippen LogP) is 4.55. The van der Waals surface area contributed by atoms with Crippen LogP contribution >= 0.6 is 0 Å². The first-order valence-electron chi connectivity index (χ1n) is 6.40. The molecule has 0 aliphatic rings. The molecule has 6 heteroatoms. The van der Waals surface area contributed by atoms with Crippen LogP contribution in [0.3, 0.4) is 0 Å². The number of alkyl halides is 3. The summed E-state index contributed by atoms with van der Waals surface area (Å²) in [5, 5.41) is 0.0665. The molecule has 2 rings (SSSR count). The molecule has 1 atom stereocenters. The van der Waals surface area contributed by atoms with Crippen LogP contribution in [0.5, 0.6) is 0 Å². The molecule has 1 aromatic heterocycles. The zero-order chi connectivity index (χ0) is 15.8. The fraction of sp³-hybridized carbons (Fsp3) is 0.400. The summed E-state index contributed by atoms with van der Waals surface area (Å²) in [6, 6.07) is 4.27. The first-order valence-corrected chi connectivity index (χ1v) is 6.40. The van der Waals surface area contributed by atoms with E-state index in [-0.39, 0.29) is 17.2 Å². The molecule has 1 heterocycles. The smallest absolute Gasteiger partial charge is 0.380 e. The number of hydrogen-bond donors (Lipinski definition) is 0. The van der Waals surface area contributed by atoms with Crippen molar-refractivity contribution in [2.24, 2.45) is 0 Å². The highest BCUT2D eigenvalue weighted by Gasteiger charge is 2.36. The van der Waals surface area contributed by atoms with E-state index in [0.717, 1.165) is 0 Å². The van der Waals surface area contributed by atoms with Crippen molar-refractivity contribution in [1.82, 2.24) is 4.57 Å². The maximum Gasteiger partial charge on any atom is 0.408 e. The van der Waals surface area contributed by atoms with Crippen molar-refractivity contribution in [1.29, 1.82) is 0 Å². The van der Waals surface area contributed by atoms with Crippen LogP contribution < -0.4 is 0 Å². The molecule has 0 spiro atoms. The van der Waals surface area contributed by atoms with Crippen molar-refractivity contribution in [2.45, 2.75) is 32.7 Å². The second-order valence-electron chi connectivity index (χ2n) is 4.94. The van der Waals surface area contributed by atoms with Crippen LogP contribution in [0, 0.1) is 13.5 Å². The number of halogens is 3. The normalized spacial score (nSPS) is 13.4. The van der Waals surface area contributed by atoms with Crippen LogP contribution in [0.1, 0.15) is 18.2 Å². The third-order valence-corrected chi connectivity index (χ3v) is 3.52. The summed E-state index contributed by atoms with van der Waals surface area (Å²) in [6.45, 7) is 11.0. The number of aryl methyl sites for hydroxylation is 1. The standard InChI is InChI=1S/C15H15F3N2O/c1-9-7-11-13(20(9)8-10(2)21-4)6-5-12(19-3)14(11)15(16,17)18/h5-7,10H,8H2,1-2,4H3. The van der Waals surface area contributed by atoms with Gasteiger partial charge in [0.25, 0.3) is 0 Å². The lowest BCUT2D eigenvalue weighted by Gasteiger charge is -2.15. The zero-order valence-electron chi connectivity index (χ0n) is 12.0. The Morgan fingerprint density at radius 3 is 2.57 bits per heavy atom. The molecule has 1 aromatic carbocycles. The molecular weight excluding hydrogens is 281 g/mol. The van der Waals surface area contributed by atoms with Gasteiger partial charge in [-0.1, -0.05) is 6.07 Å². The van der Waals surface area contributed by atoms with Gasteiger partial charge in [0.15, 0.2) is 5.69 Å². The van der Waals surface area contributed by atoms with E-state index in [2.05, 4.69) is 4.85 Å². The topological polar surface area (TPSA) is 18.5 Å². The number of aromatic nitrogens is 1. The summed E-state index contributed by atoms with van der Waals surface area (Å²) in [5.41, 5.74) is -0.0495. The Kier molecular flexibility index (Phi) is 3.97. The van der Waals surface area contributed by atoms with Crippen LogP contribution in [0.2, 0.25) is 0 Å². The van der Waals surface area contributed by atoms with E-state index in [9.17, 15) is 13.2 Å². The van der Waals surface area contributed by atoms with Gasteiger partial charge in [-0.25, -0.2) is 4.85 Å². The van der Waals surface area contributed by atoms with Crippen molar-refractivity contribution >= 4 is 16.6 Å². The highest BCUT2D eigenvalue weighted by Crippen LogP contribution is 2.42. The number of ether oxygens (including phenoxy) is 1. The molecule has 0 aliphatic carbocycles. The summed E-state index contributed by atoms with van der Waals surface area (Å²) in [7, 11) is 1.56. The summed E-state index contributed by atoms with van der Waals surface area (Å²) >= 11 is 0. The molecule has 21 heavy (non-hydrogen) atoms. The number of hydrogen-bond acceptors (Lipinski definition) is 1. The van der Waals surface area contributed by atoms with Gasteiger partial charge in [-0.05, 0) is 26.0 Å². The Morgan fingerprint density at radius 2 is 2.05 bits per heavy atom. The molecule has 2 aromatic rings. The minimum absolute atomic E-state index is 0.0665. The van der Waals surface area contributed by atoms with Gasteiger partial charge in [0.1, 0.15) is 0 Å². The number of methoxy groups -OCH3 is 1. The Morgan fingerprint density at radius 1 is 1.38 bits per heavy atom. The van der Waals surface area contributed by atoms with Crippen molar-refractivity contribution in [3.8, 4) is 0 Å². The lowest BCUT2D eigenvalue weighted by atomic mass is 10.1. The van der Waals surface area contributed by atoms with Gasteiger partial charge in [0.2, 0.25) is 0 Å². The van der Waals surface area contributed by atoms with Gasteiger partial charge >= 0.3 is 6.18 Å². The predicted molar refractivity (Wildman–Crippen MR) is 74.4 cm³/mol. The monoisotopic (exact) mass is 296 g/mol. The van der Waals surface area contributed by atoms with E-state index in [1.165, 1.54) is 12.1 Å². The van der Waals surface area contributed by atoms with Crippen molar-refractivity contribution in [3.05, 3.63) is 40.9 Å². The lowest BCUT2D eigenvalue weighted by Crippen LogP contribution is -2.15. The Labute approximate surface area is 120 Å². The Hall–Kier alpha value is -2.00. The zero-order valence-corrected chi connectivity index (χ0v) is 12.0. The highest BCUT2D eigenvalue weighted by atomic mass is 19.4. The molecule has 112 valence electrons. The first kappa shape index (κ1) is 15.4. The van der Waals surface area contributed by atoms with Gasteiger partial charge in [-0.3, -0.25) is 0 Å². The number of rotatable bonds is 3. The highest BCUT2D eigenvalue weighted by molar-refractivity contribution is 5.90. The van der Waals surface area contributed by atoms with Crippen LogP contribution in [-0.2, 0) is 17.5 Å². The minimum Gasteiger partial charge on any atom is -0.380 e. The third kappa shape index (κ3) is 2.74. The van der Waals surface area contributed by atoms with Crippen LogP contribution in [-0.4, -0.2) is 17.8 Å². The van der Waals surface area contributed by atoms with E-state index in [4.69, 9.17) is 11.3 Å². The van der Waals surface area contributed by atoms with E-state index in [1.807, 2.05) is 6.92 Å². The molecular formula is C15H15F3N2O. The van der Waals surface area contributed by atoms with Crippen LogP contribution in [0.4, 0.5) is 18.9 Å². The first-order chi connectivity index (χ1) is 9.79. The van der Waals surface area contributed by atoms with Crippen molar-refractivity contribution in [2.75, 3.05) is 7.11 Å². The van der Waals surface area contributed by atoms with Gasteiger partial charge < -0.3 is 9.30 Å². The van der Waals surface area contributed by atoms with Gasteiger partial charge in [0, 0.05) is 30.3 Å². The molecule has 0 saturated heterocycles. The summed E-state index contributed by atoms with van der Waals surface area (Å²) in [6.07, 6.45) is -4.67. The maximum atomic E-state index is 13.3. The minimum atomic E-state index is -4.55. The lowest BCUT2D eigenvalue weighted by molar-refractivity contribution is -0.135. The van der Waals surface area contributed by atoms with Crippen LogP contribution in [0.25, 0.3) is 15.7 Å². The maximum absolute atomic E-state index is 13.3. The quantitative estimate of drug-likeness (QED) is 0.760. The van der Waals surface area contributed by atoms with Gasteiger partial charge in [-0.2, -0.15) is 13.2 Å². The third-order valence-electron chi connectivity index (χ3n) is 3.52. The fourth-order valence-electron chi connectivity index (χ4n) is 2.42.